The topological polar surface area (TPSA) is 71.2 Å². The molecule has 112 valence electrons. The van der Waals surface area contributed by atoms with E-state index in [1.54, 1.807) is 13.1 Å². The number of nitrogens with zero attached hydrogens (tertiary/aromatic N) is 4. The minimum absolute atomic E-state index is 0.222. The Bertz CT molecular complexity index is 688. The predicted molar refractivity (Wildman–Crippen MR) is 89.6 cm³/mol. The maximum Gasteiger partial charge on any atom is 0.407 e. The standard InChI is InChI=1S/C13H14ClIN4O2/c1-3-4-8(18(2)13(20)21)5-19-6-9(15)10-11(14)16-7-17-12(10)19/h3,6-8H,1,4-5H2,2H3,(H,20,21). The van der Waals surface area contributed by atoms with Crippen LogP contribution in [0.5, 0.6) is 0 Å². The Morgan fingerprint density at radius 1 is 1.67 bits per heavy atom. The third kappa shape index (κ3) is 3.29. The normalized spacial score (nSPS) is 12.3. The van der Waals surface area contributed by atoms with Gasteiger partial charge in [0.1, 0.15) is 17.1 Å². The van der Waals surface area contributed by atoms with Gasteiger partial charge < -0.3 is 14.6 Å². The summed E-state index contributed by atoms with van der Waals surface area (Å²) in [6, 6.07) is -0.222. The monoisotopic (exact) mass is 420 g/mol. The maximum absolute atomic E-state index is 11.2. The Balaban J connectivity index is 2.39. The molecule has 0 aliphatic heterocycles. The van der Waals surface area contributed by atoms with Crippen LogP contribution in [0.3, 0.4) is 0 Å². The Kier molecular flexibility index (Phi) is 5.04. The van der Waals surface area contributed by atoms with Crippen molar-refractivity contribution in [2.75, 3.05) is 7.05 Å². The predicted octanol–water partition coefficient (Wildman–Crippen LogP) is 3.24. The van der Waals surface area contributed by atoms with Gasteiger partial charge in [0.25, 0.3) is 0 Å². The third-order valence-electron chi connectivity index (χ3n) is 3.26. The van der Waals surface area contributed by atoms with Crippen molar-refractivity contribution in [2.45, 2.75) is 19.0 Å². The van der Waals surface area contributed by atoms with Gasteiger partial charge in [0, 0.05) is 23.4 Å². The lowest BCUT2D eigenvalue weighted by atomic mass is 10.2. The van der Waals surface area contributed by atoms with Crippen LogP contribution in [0.2, 0.25) is 5.15 Å². The maximum atomic E-state index is 11.2. The number of amides is 1. The molecule has 1 amide bonds. The molecule has 8 heteroatoms. The van der Waals surface area contributed by atoms with Crippen LogP contribution < -0.4 is 0 Å². The first-order chi connectivity index (χ1) is 9.95. The summed E-state index contributed by atoms with van der Waals surface area (Å²) < 4.78 is 2.83. The van der Waals surface area contributed by atoms with Gasteiger partial charge in [-0.2, -0.15) is 0 Å². The summed E-state index contributed by atoms with van der Waals surface area (Å²) in [4.78, 5) is 20.7. The highest BCUT2D eigenvalue weighted by Crippen LogP contribution is 2.27. The van der Waals surface area contributed by atoms with E-state index in [1.807, 2.05) is 10.8 Å². The van der Waals surface area contributed by atoms with Crippen molar-refractivity contribution in [3.63, 3.8) is 0 Å². The molecule has 1 N–H and O–H groups in total. The number of carboxylic acid groups (broad SMARTS) is 1. The van der Waals surface area contributed by atoms with E-state index in [-0.39, 0.29) is 6.04 Å². The lowest BCUT2D eigenvalue weighted by Crippen LogP contribution is -2.38. The van der Waals surface area contributed by atoms with E-state index in [0.717, 1.165) is 8.96 Å². The van der Waals surface area contributed by atoms with Crippen LogP contribution >= 0.6 is 34.2 Å². The van der Waals surface area contributed by atoms with Crippen molar-refractivity contribution in [1.82, 2.24) is 19.4 Å². The van der Waals surface area contributed by atoms with Crippen LogP contribution in [-0.2, 0) is 6.54 Å². The molecule has 2 heterocycles. The van der Waals surface area contributed by atoms with Gasteiger partial charge >= 0.3 is 6.09 Å². The molecule has 0 aliphatic rings. The highest BCUT2D eigenvalue weighted by Gasteiger charge is 2.21. The minimum atomic E-state index is -0.972. The minimum Gasteiger partial charge on any atom is -0.465 e. The molecule has 21 heavy (non-hydrogen) atoms. The van der Waals surface area contributed by atoms with E-state index in [9.17, 15) is 4.79 Å². The fourth-order valence-electron chi connectivity index (χ4n) is 2.11. The number of likely N-dealkylation sites (N-methyl/N-ethyl adjacent to an activating group) is 1. The Labute approximate surface area is 140 Å². The zero-order valence-electron chi connectivity index (χ0n) is 11.3. The lowest BCUT2D eigenvalue weighted by Gasteiger charge is -2.25. The fourth-order valence-corrected chi connectivity index (χ4v) is 3.33. The molecule has 6 nitrogen and oxygen atoms in total. The zero-order valence-corrected chi connectivity index (χ0v) is 14.2. The van der Waals surface area contributed by atoms with E-state index >= 15 is 0 Å². The molecule has 2 rings (SSSR count). The van der Waals surface area contributed by atoms with Gasteiger partial charge in [-0.25, -0.2) is 14.8 Å². The second-order valence-corrected chi connectivity index (χ2v) is 6.08. The van der Waals surface area contributed by atoms with Crippen molar-refractivity contribution < 1.29 is 9.90 Å². The van der Waals surface area contributed by atoms with Crippen LogP contribution in [0, 0.1) is 3.57 Å². The van der Waals surface area contributed by atoms with Crippen LogP contribution in [0.4, 0.5) is 4.79 Å². The second kappa shape index (κ2) is 6.61. The number of aromatic nitrogens is 3. The third-order valence-corrected chi connectivity index (χ3v) is 4.36. The number of halogens is 2. The summed E-state index contributed by atoms with van der Waals surface area (Å²) in [5.41, 5.74) is 0.701. The number of carbonyl (C=O) groups is 1. The molecule has 0 radical (unpaired) electrons. The molecular formula is C13H14ClIN4O2. The van der Waals surface area contributed by atoms with E-state index in [4.69, 9.17) is 16.7 Å². The van der Waals surface area contributed by atoms with Crippen LogP contribution in [0.15, 0.2) is 25.2 Å². The smallest absolute Gasteiger partial charge is 0.407 e. The highest BCUT2D eigenvalue weighted by molar-refractivity contribution is 14.1. The SMILES string of the molecule is C=CCC(Cn1cc(I)c2c(Cl)ncnc21)N(C)C(=O)O. The second-order valence-electron chi connectivity index (χ2n) is 4.56. The number of rotatable bonds is 5. The molecule has 1 atom stereocenters. The van der Waals surface area contributed by atoms with Gasteiger partial charge in [0.05, 0.1) is 11.4 Å². The van der Waals surface area contributed by atoms with Gasteiger partial charge in [-0.1, -0.05) is 17.7 Å². The highest BCUT2D eigenvalue weighted by atomic mass is 127. The quantitative estimate of drug-likeness (QED) is 0.458. The summed E-state index contributed by atoms with van der Waals surface area (Å²) in [5, 5.41) is 10.3. The van der Waals surface area contributed by atoms with Crippen molar-refractivity contribution in [3.8, 4) is 0 Å². The molecule has 2 aromatic heterocycles. The average molecular weight is 421 g/mol. The lowest BCUT2D eigenvalue weighted by molar-refractivity contribution is 0.134. The molecule has 1 unspecified atom stereocenters. The van der Waals surface area contributed by atoms with Gasteiger partial charge in [-0.05, 0) is 29.0 Å². The van der Waals surface area contributed by atoms with E-state index in [1.165, 1.54) is 11.2 Å². The summed E-state index contributed by atoms with van der Waals surface area (Å²) >= 11 is 8.26. The number of hydrogen-bond donors (Lipinski definition) is 1. The van der Waals surface area contributed by atoms with Crippen molar-refractivity contribution in [1.29, 1.82) is 0 Å². The molecule has 0 saturated carbocycles. The molecule has 0 fully saturated rings. The molecule has 0 saturated heterocycles. The molecule has 0 spiro atoms. The number of hydrogen-bond acceptors (Lipinski definition) is 3. The first-order valence-electron chi connectivity index (χ1n) is 6.17. The van der Waals surface area contributed by atoms with Crippen molar-refractivity contribution in [2.24, 2.45) is 0 Å². The molecule has 2 aromatic rings. The summed E-state index contributed by atoms with van der Waals surface area (Å²) in [6.45, 7) is 4.16. The number of fused-ring (bicyclic) bond motifs is 1. The summed E-state index contributed by atoms with van der Waals surface area (Å²) in [7, 11) is 1.55. The Morgan fingerprint density at radius 2 is 2.38 bits per heavy atom. The van der Waals surface area contributed by atoms with Gasteiger partial charge in [-0.3, -0.25) is 0 Å². The molecule has 0 aliphatic carbocycles. The Morgan fingerprint density at radius 3 is 3.00 bits per heavy atom. The van der Waals surface area contributed by atoms with Gasteiger partial charge in [0.2, 0.25) is 0 Å². The first kappa shape index (κ1) is 16.0. The Hall–Kier alpha value is -1.35. The van der Waals surface area contributed by atoms with Crippen LogP contribution in [-0.4, -0.2) is 43.7 Å². The largest absolute Gasteiger partial charge is 0.465 e. The first-order valence-corrected chi connectivity index (χ1v) is 7.62. The summed E-state index contributed by atoms with van der Waals surface area (Å²) in [6.07, 6.45) is 4.60. The van der Waals surface area contributed by atoms with Crippen LogP contribution in [0.25, 0.3) is 11.0 Å². The van der Waals surface area contributed by atoms with E-state index in [0.29, 0.717) is 23.8 Å². The average Bonchev–Trinajstić information content (AvgIpc) is 2.75. The van der Waals surface area contributed by atoms with Crippen LogP contribution in [0.1, 0.15) is 6.42 Å². The molecule has 0 aromatic carbocycles. The molecule has 0 bridgehead atoms. The van der Waals surface area contributed by atoms with Crippen molar-refractivity contribution >= 4 is 51.3 Å². The van der Waals surface area contributed by atoms with Gasteiger partial charge in [-0.15, -0.1) is 6.58 Å². The summed E-state index contributed by atoms with van der Waals surface area (Å²) in [5.74, 6) is 0. The zero-order chi connectivity index (χ0) is 15.6. The fraction of sp³-hybridized carbons (Fsp3) is 0.308. The van der Waals surface area contributed by atoms with Gasteiger partial charge in [0.15, 0.2) is 0 Å². The molecular weight excluding hydrogens is 407 g/mol. The van der Waals surface area contributed by atoms with Crippen molar-refractivity contribution in [3.05, 3.63) is 33.9 Å². The van der Waals surface area contributed by atoms with E-state index in [2.05, 4.69) is 39.1 Å². The van der Waals surface area contributed by atoms with E-state index < -0.39 is 6.09 Å².